The molecule has 1 N–H and O–H groups in total. The van der Waals surface area contributed by atoms with Gasteiger partial charge in [-0.15, -0.1) is 11.3 Å². The number of nitriles is 1. The van der Waals surface area contributed by atoms with Crippen LogP contribution in [0.4, 0.5) is 5.00 Å². The minimum Gasteiger partial charge on any atom is -0.493 e. The molecule has 0 atom stereocenters. The van der Waals surface area contributed by atoms with Crippen LogP contribution in [0.2, 0.25) is 0 Å². The van der Waals surface area contributed by atoms with Crippen molar-refractivity contribution in [2.75, 3.05) is 25.6 Å². The monoisotopic (exact) mass is 450 g/mol. The molecule has 3 rings (SSSR count). The van der Waals surface area contributed by atoms with Gasteiger partial charge < -0.3 is 19.5 Å². The van der Waals surface area contributed by atoms with Gasteiger partial charge in [-0.2, -0.15) is 5.26 Å². The third-order valence-electron chi connectivity index (χ3n) is 4.53. The number of aryl methyl sites for hydroxylation is 1. The first-order valence-corrected chi connectivity index (χ1v) is 10.7. The molecular formula is C24H22N2O5S. The minimum absolute atomic E-state index is 0.219. The van der Waals surface area contributed by atoms with Gasteiger partial charge in [0.15, 0.2) is 18.1 Å². The van der Waals surface area contributed by atoms with Gasteiger partial charge >= 0.3 is 5.97 Å². The average molecular weight is 451 g/mol. The van der Waals surface area contributed by atoms with E-state index < -0.39 is 11.9 Å². The van der Waals surface area contributed by atoms with E-state index >= 15 is 0 Å². The Balaban J connectivity index is 1.83. The van der Waals surface area contributed by atoms with Crippen LogP contribution >= 0.6 is 11.3 Å². The molecule has 0 unspecified atom stereocenters. The Morgan fingerprint density at radius 2 is 1.88 bits per heavy atom. The van der Waals surface area contributed by atoms with Crippen LogP contribution in [-0.2, 0) is 9.53 Å². The molecule has 3 aromatic rings. The van der Waals surface area contributed by atoms with Gasteiger partial charge in [0, 0.05) is 16.5 Å². The van der Waals surface area contributed by atoms with E-state index in [1.54, 1.807) is 19.1 Å². The van der Waals surface area contributed by atoms with Gasteiger partial charge in [-0.1, -0.05) is 30.3 Å². The highest BCUT2D eigenvalue weighted by Crippen LogP contribution is 2.40. The van der Waals surface area contributed by atoms with Gasteiger partial charge in [0.25, 0.3) is 5.91 Å². The number of amides is 1. The maximum absolute atomic E-state index is 12.7. The number of hydrogen-bond donors (Lipinski definition) is 1. The predicted molar refractivity (Wildman–Crippen MR) is 122 cm³/mol. The van der Waals surface area contributed by atoms with Crippen LogP contribution in [0.5, 0.6) is 11.5 Å². The van der Waals surface area contributed by atoms with E-state index in [2.05, 4.69) is 5.32 Å². The molecule has 0 saturated heterocycles. The van der Waals surface area contributed by atoms with Crippen LogP contribution in [0, 0.1) is 18.3 Å². The number of thiophene rings is 1. The Kier molecular flexibility index (Phi) is 7.47. The summed E-state index contributed by atoms with van der Waals surface area (Å²) in [6.45, 7) is 3.54. The lowest BCUT2D eigenvalue weighted by Gasteiger charge is -2.11. The molecule has 0 radical (unpaired) electrons. The number of rotatable bonds is 8. The van der Waals surface area contributed by atoms with E-state index in [4.69, 9.17) is 19.5 Å². The summed E-state index contributed by atoms with van der Waals surface area (Å²) in [5, 5.41) is 12.2. The standard InChI is InChI=1S/C24H22N2O5S/c1-4-30-24(28)22-21(17-8-6-5-7-9-17)15(2)32-23(22)26-20(27)14-31-18-11-10-16(13-25)12-19(18)29-3/h5-12H,4,14H2,1-3H3,(H,26,27). The molecule has 8 heteroatoms. The Bertz CT molecular complexity index is 1170. The topological polar surface area (TPSA) is 97.6 Å². The molecule has 1 amide bonds. The highest BCUT2D eigenvalue weighted by molar-refractivity contribution is 7.17. The lowest BCUT2D eigenvalue weighted by atomic mass is 10.0. The molecule has 1 aromatic heterocycles. The van der Waals surface area contributed by atoms with E-state index in [9.17, 15) is 9.59 Å². The number of hydrogen-bond acceptors (Lipinski definition) is 7. The number of carbonyl (C=O) groups is 2. The Labute approximate surface area is 190 Å². The van der Waals surface area contributed by atoms with Crippen molar-refractivity contribution in [1.82, 2.24) is 0 Å². The lowest BCUT2D eigenvalue weighted by Crippen LogP contribution is -2.21. The van der Waals surface area contributed by atoms with Crippen molar-refractivity contribution in [3.8, 4) is 28.7 Å². The van der Waals surface area contributed by atoms with E-state index in [0.717, 1.165) is 16.0 Å². The molecule has 0 saturated carbocycles. The molecule has 0 spiro atoms. The molecule has 0 fully saturated rings. The summed E-state index contributed by atoms with van der Waals surface area (Å²) in [7, 11) is 1.45. The summed E-state index contributed by atoms with van der Waals surface area (Å²) in [5.74, 6) is -0.259. The molecule has 0 aliphatic carbocycles. The van der Waals surface area contributed by atoms with Gasteiger partial charge in [-0.25, -0.2) is 4.79 Å². The molecule has 0 aliphatic rings. The summed E-state index contributed by atoms with van der Waals surface area (Å²) in [6, 6.07) is 16.2. The Hall–Kier alpha value is -3.83. The van der Waals surface area contributed by atoms with E-state index in [1.807, 2.05) is 43.3 Å². The third kappa shape index (κ3) is 5.07. The second-order valence-corrected chi connectivity index (χ2v) is 7.86. The quantitative estimate of drug-likeness (QED) is 0.495. The molecule has 7 nitrogen and oxygen atoms in total. The van der Waals surface area contributed by atoms with E-state index in [-0.39, 0.29) is 13.2 Å². The predicted octanol–water partition coefficient (Wildman–Crippen LogP) is 4.80. The van der Waals surface area contributed by atoms with Crippen molar-refractivity contribution in [3.63, 3.8) is 0 Å². The van der Waals surface area contributed by atoms with Crippen molar-refractivity contribution >= 4 is 28.2 Å². The number of carbonyl (C=O) groups excluding carboxylic acids is 2. The maximum atomic E-state index is 12.7. The fourth-order valence-corrected chi connectivity index (χ4v) is 4.23. The number of anilines is 1. The summed E-state index contributed by atoms with van der Waals surface area (Å²) >= 11 is 1.30. The summed E-state index contributed by atoms with van der Waals surface area (Å²) in [6.07, 6.45) is 0. The van der Waals surface area contributed by atoms with Crippen LogP contribution in [-0.4, -0.2) is 32.2 Å². The SMILES string of the molecule is CCOC(=O)c1c(NC(=O)COc2ccc(C#N)cc2OC)sc(C)c1-c1ccccc1. The average Bonchev–Trinajstić information content (AvgIpc) is 3.13. The van der Waals surface area contributed by atoms with Crippen molar-refractivity contribution < 1.29 is 23.8 Å². The molecule has 164 valence electrons. The van der Waals surface area contributed by atoms with Gasteiger partial charge in [-0.3, -0.25) is 4.79 Å². The highest BCUT2D eigenvalue weighted by Gasteiger charge is 2.25. The van der Waals surface area contributed by atoms with E-state index in [0.29, 0.717) is 27.6 Å². The van der Waals surface area contributed by atoms with Gasteiger partial charge in [-0.05, 0) is 31.5 Å². The zero-order valence-electron chi connectivity index (χ0n) is 17.9. The summed E-state index contributed by atoms with van der Waals surface area (Å²) < 4.78 is 16.0. The Morgan fingerprint density at radius 3 is 2.53 bits per heavy atom. The molecule has 2 aromatic carbocycles. The van der Waals surface area contributed by atoms with Crippen LogP contribution in [0.3, 0.4) is 0 Å². The first-order chi connectivity index (χ1) is 15.5. The normalized spacial score (nSPS) is 10.2. The molecule has 0 aliphatic heterocycles. The van der Waals surface area contributed by atoms with Crippen molar-refractivity contribution in [2.45, 2.75) is 13.8 Å². The Morgan fingerprint density at radius 1 is 1.12 bits per heavy atom. The fourth-order valence-electron chi connectivity index (χ4n) is 3.15. The third-order valence-corrected chi connectivity index (χ3v) is 5.55. The number of esters is 1. The molecule has 1 heterocycles. The first kappa shape index (κ1) is 22.8. The van der Waals surface area contributed by atoms with Crippen molar-refractivity contribution in [2.24, 2.45) is 0 Å². The second kappa shape index (κ2) is 10.5. The number of methoxy groups -OCH3 is 1. The van der Waals surface area contributed by atoms with E-state index in [1.165, 1.54) is 24.5 Å². The highest BCUT2D eigenvalue weighted by atomic mass is 32.1. The maximum Gasteiger partial charge on any atom is 0.341 e. The smallest absolute Gasteiger partial charge is 0.341 e. The summed E-state index contributed by atoms with van der Waals surface area (Å²) in [5.41, 5.74) is 2.34. The zero-order chi connectivity index (χ0) is 23.1. The van der Waals surface area contributed by atoms with Gasteiger partial charge in [0.1, 0.15) is 10.6 Å². The molecular weight excluding hydrogens is 428 g/mol. The number of ether oxygens (including phenoxy) is 3. The number of nitrogens with one attached hydrogen (secondary N) is 1. The molecule has 32 heavy (non-hydrogen) atoms. The van der Waals surface area contributed by atoms with Crippen molar-refractivity contribution in [3.05, 3.63) is 64.5 Å². The largest absolute Gasteiger partial charge is 0.493 e. The van der Waals surface area contributed by atoms with Crippen LogP contribution in [0.15, 0.2) is 48.5 Å². The zero-order valence-corrected chi connectivity index (χ0v) is 18.7. The van der Waals surface area contributed by atoms with Crippen LogP contribution in [0.25, 0.3) is 11.1 Å². The van der Waals surface area contributed by atoms with Gasteiger partial charge in [0.2, 0.25) is 0 Å². The lowest BCUT2D eigenvalue weighted by molar-refractivity contribution is -0.118. The number of benzene rings is 2. The first-order valence-electron chi connectivity index (χ1n) is 9.85. The fraction of sp³-hybridized carbons (Fsp3) is 0.208. The van der Waals surface area contributed by atoms with Gasteiger partial charge in [0.05, 0.1) is 25.3 Å². The van der Waals surface area contributed by atoms with Crippen molar-refractivity contribution in [1.29, 1.82) is 5.26 Å². The number of nitrogens with zero attached hydrogens (tertiary/aromatic N) is 1. The van der Waals surface area contributed by atoms with Crippen LogP contribution in [0.1, 0.15) is 27.7 Å². The second-order valence-electron chi connectivity index (χ2n) is 6.64. The minimum atomic E-state index is -0.499. The summed E-state index contributed by atoms with van der Waals surface area (Å²) in [4.78, 5) is 26.2. The van der Waals surface area contributed by atoms with Crippen LogP contribution < -0.4 is 14.8 Å². The molecule has 0 bridgehead atoms.